The molecule has 0 unspecified atom stereocenters. The highest BCUT2D eigenvalue weighted by atomic mass is 35.5. The van der Waals surface area contributed by atoms with E-state index in [2.05, 4.69) is 5.32 Å². The highest BCUT2D eigenvalue weighted by Gasteiger charge is 2.29. The van der Waals surface area contributed by atoms with Crippen molar-refractivity contribution in [3.63, 3.8) is 0 Å². The fourth-order valence-corrected chi connectivity index (χ4v) is 4.72. The first-order valence-electron chi connectivity index (χ1n) is 9.49. The van der Waals surface area contributed by atoms with E-state index in [0.717, 1.165) is 5.56 Å². The van der Waals surface area contributed by atoms with Gasteiger partial charge in [0.2, 0.25) is 15.9 Å². The van der Waals surface area contributed by atoms with E-state index < -0.39 is 15.9 Å². The fourth-order valence-electron chi connectivity index (χ4n) is 2.95. The second kappa shape index (κ2) is 10.1. The van der Waals surface area contributed by atoms with Gasteiger partial charge in [-0.1, -0.05) is 23.7 Å². The average Bonchev–Trinajstić information content (AvgIpc) is 2.74. The van der Waals surface area contributed by atoms with Crippen LogP contribution in [0.15, 0.2) is 53.4 Å². The molecule has 1 aliphatic rings. The molecule has 0 bridgehead atoms. The molecule has 9 heteroatoms. The van der Waals surface area contributed by atoms with Crippen molar-refractivity contribution in [3.8, 4) is 5.75 Å². The maximum Gasteiger partial charge on any atom is 0.248 e. The summed E-state index contributed by atoms with van der Waals surface area (Å²) in [4.78, 5) is 12.3. The molecule has 30 heavy (non-hydrogen) atoms. The van der Waals surface area contributed by atoms with Gasteiger partial charge in [-0.25, -0.2) is 8.42 Å². The second-order valence-corrected chi connectivity index (χ2v) is 8.83. The topological polar surface area (TPSA) is 84.9 Å². The molecule has 0 radical (unpaired) electrons. The molecular formula is C21H23ClN2O5S. The highest BCUT2D eigenvalue weighted by molar-refractivity contribution is 7.89. The van der Waals surface area contributed by atoms with Crippen LogP contribution in [-0.2, 0) is 19.6 Å². The highest BCUT2D eigenvalue weighted by Crippen LogP contribution is 2.30. The van der Waals surface area contributed by atoms with Crippen LogP contribution in [0.2, 0.25) is 5.02 Å². The molecule has 0 spiro atoms. The minimum absolute atomic E-state index is 0.0165. The number of hydrogen-bond donors (Lipinski definition) is 1. The Labute approximate surface area is 181 Å². The Morgan fingerprint density at radius 3 is 2.70 bits per heavy atom. The number of rotatable bonds is 7. The van der Waals surface area contributed by atoms with Gasteiger partial charge < -0.3 is 14.8 Å². The summed E-state index contributed by atoms with van der Waals surface area (Å²) in [6.07, 6.45) is 2.99. The van der Waals surface area contributed by atoms with E-state index in [-0.39, 0.29) is 23.7 Å². The van der Waals surface area contributed by atoms with Crippen molar-refractivity contribution in [2.45, 2.75) is 11.8 Å². The van der Waals surface area contributed by atoms with Crippen molar-refractivity contribution >= 4 is 39.3 Å². The number of ether oxygens (including phenoxy) is 2. The van der Waals surface area contributed by atoms with Crippen molar-refractivity contribution in [2.75, 3.05) is 38.2 Å². The van der Waals surface area contributed by atoms with Gasteiger partial charge in [0.05, 0.1) is 19.8 Å². The van der Waals surface area contributed by atoms with Crippen LogP contribution in [0.5, 0.6) is 5.75 Å². The summed E-state index contributed by atoms with van der Waals surface area (Å²) in [5, 5.41) is 3.26. The van der Waals surface area contributed by atoms with Crippen LogP contribution >= 0.6 is 11.6 Å². The van der Waals surface area contributed by atoms with Gasteiger partial charge in [0.25, 0.3) is 0 Å². The smallest absolute Gasteiger partial charge is 0.248 e. The maximum absolute atomic E-state index is 13.1. The molecule has 2 aromatic carbocycles. The molecule has 3 rings (SSSR count). The predicted octanol–water partition coefficient (Wildman–Crippen LogP) is 3.41. The monoisotopic (exact) mass is 450 g/mol. The summed E-state index contributed by atoms with van der Waals surface area (Å²) in [5.74, 6) is -0.148. The van der Waals surface area contributed by atoms with Gasteiger partial charge in [-0.3, -0.25) is 4.79 Å². The first kappa shape index (κ1) is 22.3. The SMILES string of the molecule is CCOc1ccc(NC(=O)/C=C/c2cccc(Cl)c2)cc1S(=O)(=O)N1CCOCC1. The lowest BCUT2D eigenvalue weighted by Crippen LogP contribution is -2.40. The van der Waals surface area contributed by atoms with Crippen molar-refractivity contribution < 1.29 is 22.7 Å². The number of sulfonamides is 1. The van der Waals surface area contributed by atoms with Crippen molar-refractivity contribution in [3.05, 3.63) is 59.1 Å². The molecular weight excluding hydrogens is 428 g/mol. The van der Waals surface area contributed by atoms with Crippen molar-refractivity contribution in [1.82, 2.24) is 4.31 Å². The molecule has 0 aromatic heterocycles. The largest absolute Gasteiger partial charge is 0.492 e. The minimum atomic E-state index is -3.79. The van der Waals surface area contributed by atoms with Crippen LogP contribution in [0.4, 0.5) is 5.69 Å². The standard InChI is InChI=1S/C21H23ClN2O5S/c1-2-29-19-8-7-18(15-20(19)30(26,27)24-10-12-28-13-11-24)23-21(25)9-6-16-4-3-5-17(22)14-16/h3-9,14-15H,2,10-13H2,1H3,(H,23,25)/b9-6+. The van der Waals surface area contributed by atoms with Crippen LogP contribution in [0, 0.1) is 0 Å². The number of morpholine rings is 1. The Hall–Kier alpha value is -2.39. The molecule has 1 aliphatic heterocycles. The fraction of sp³-hybridized carbons (Fsp3) is 0.286. The second-order valence-electron chi connectivity index (χ2n) is 6.49. The predicted molar refractivity (Wildman–Crippen MR) is 116 cm³/mol. The Kier molecular flexibility index (Phi) is 7.49. The van der Waals surface area contributed by atoms with Crippen LogP contribution in [0.25, 0.3) is 6.08 Å². The number of halogens is 1. The van der Waals surface area contributed by atoms with E-state index >= 15 is 0 Å². The summed E-state index contributed by atoms with van der Waals surface area (Å²) < 4.78 is 38.3. The van der Waals surface area contributed by atoms with Gasteiger partial charge in [0.15, 0.2) is 0 Å². The zero-order valence-corrected chi connectivity index (χ0v) is 18.1. The number of nitrogens with one attached hydrogen (secondary N) is 1. The normalized spacial score (nSPS) is 15.3. The quantitative estimate of drug-likeness (QED) is 0.653. The number of amides is 1. The molecule has 0 saturated carbocycles. The molecule has 7 nitrogen and oxygen atoms in total. The van der Waals surface area contributed by atoms with Gasteiger partial charge >= 0.3 is 0 Å². The number of hydrogen-bond acceptors (Lipinski definition) is 5. The Morgan fingerprint density at radius 1 is 1.23 bits per heavy atom. The lowest BCUT2D eigenvalue weighted by Gasteiger charge is -2.27. The van der Waals surface area contributed by atoms with E-state index in [4.69, 9.17) is 21.1 Å². The van der Waals surface area contributed by atoms with Gasteiger partial charge in [-0.15, -0.1) is 0 Å². The molecule has 0 aliphatic carbocycles. The van der Waals surface area contributed by atoms with Gasteiger partial charge in [-0.05, 0) is 48.9 Å². The van der Waals surface area contributed by atoms with Crippen LogP contribution in [0.1, 0.15) is 12.5 Å². The molecule has 0 atom stereocenters. The third-order valence-corrected chi connectivity index (χ3v) is 6.53. The van der Waals surface area contributed by atoms with E-state index in [0.29, 0.717) is 30.5 Å². The summed E-state index contributed by atoms with van der Waals surface area (Å²) in [5.41, 5.74) is 1.13. The number of carbonyl (C=O) groups excluding carboxylic acids is 1. The molecule has 1 heterocycles. The van der Waals surface area contributed by atoms with Crippen molar-refractivity contribution in [2.24, 2.45) is 0 Å². The van der Waals surface area contributed by atoms with E-state index in [9.17, 15) is 13.2 Å². The maximum atomic E-state index is 13.1. The number of carbonyl (C=O) groups is 1. The first-order chi connectivity index (χ1) is 14.4. The number of anilines is 1. The van der Waals surface area contributed by atoms with E-state index in [1.165, 1.54) is 16.4 Å². The van der Waals surface area contributed by atoms with E-state index in [1.54, 1.807) is 43.3 Å². The molecule has 1 N–H and O–H groups in total. The molecule has 160 valence electrons. The molecule has 2 aromatic rings. The Bertz CT molecular complexity index is 1030. The number of benzene rings is 2. The molecule has 1 saturated heterocycles. The number of nitrogens with zero attached hydrogens (tertiary/aromatic N) is 1. The van der Waals surface area contributed by atoms with Gasteiger partial charge in [-0.2, -0.15) is 4.31 Å². The minimum Gasteiger partial charge on any atom is -0.492 e. The third-order valence-electron chi connectivity index (χ3n) is 4.37. The Morgan fingerprint density at radius 2 is 2.00 bits per heavy atom. The van der Waals surface area contributed by atoms with Gasteiger partial charge in [0.1, 0.15) is 10.6 Å². The summed E-state index contributed by atoms with van der Waals surface area (Å²) in [6.45, 7) is 3.32. The molecule has 1 fully saturated rings. The lowest BCUT2D eigenvalue weighted by atomic mass is 10.2. The van der Waals surface area contributed by atoms with Gasteiger partial charge in [0, 0.05) is 29.9 Å². The summed E-state index contributed by atoms with van der Waals surface area (Å²) in [7, 11) is -3.79. The summed E-state index contributed by atoms with van der Waals surface area (Å²) >= 11 is 5.94. The Balaban J connectivity index is 1.82. The third kappa shape index (κ3) is 5.60. The zero-order chi connectivity index (χ0) is 21.6. The average molecular weight is 451 g/mol. The van der Waals surface area contributed by atoms with Crippen molar-refractivity contribution in [1.29, 1.82) is 0 Å². The first-order valence-corrected chi connectivity index (χ1v) is 11.3. The van der Waals surface area contributed by atoms with Crippen LogP contribution < -0.4 is 10.1 Å². The lowest BCUT2D eigenvalue weighted by molar-refractivity contribution is -0.111. The zero-order valence-electron chi connectivity index (χ0n) is 16.5. The summed E-state index contributed by atoms with van der Waals surface area (Å²) in [6, 6.07) is 11.7. The van der Waals surface area contributed by atoms with Crippen LogP contribution in [0.3, 0.4) is 0 Å². The van der Waals surface area contributed by atoms with Crippen LogP contribution in [-0.4, -0.2) is 51.5 Å². The van der Waals surface area contributed by atoms with E-state index in [1.807, 2.05) is 6.07 Å². The molecule has 1 amide bonds.